The third-order valence-corrected chi connectivity index (χ3v) is 6.50. The Kier molecular flexibility index (Phi) is 4.87. The fraction of sp³-hybridized carbons (Fsp3) is 0.0370. The van der Waals surface area contributed by atoms with Crippen molar-refractivity contribution < 1.29 is 4.42 Å². The van der Waals surface area contributed by atoms with Crippen molar-refractivity contribution in [2.24, 2.45) is 0 Å². The van der Waals surface area contributed by atoms with E-state index in [1.165, 1.54) is 4.40 Å². The number of hydrogen-bond acceptors (Lipinski definition) is 6. The van der Waals surface area contributed by atoms with E-state index in [2.05, 4.69) is 37.3 Å². The van der Waals surface area contributed by atoms with Crippen molar-refractivity contribution >= 4 is 55.6 Å². The normalized spacial score (nSPS) is 12.0. The molecule has 0 radical (unpaired) electrons. The molecule has 3 heterocycles. The van der Waals surface area contributed by atoms with Crippen LogP contribution in [0.2, 0.25) is 0 Å². The molecule has 6 rings (SSSR count). The Balaban J connectivity index is 1.44. The molecule has 0 unspecified atom stereocenters. The van der Waals surface area contributed by atoms with Crippen LogP contribution in [0.15, 0.2) is 80.4 Å². The van der Waals surface area contributed by atoms with Gasteiger partial charge in [0.15, 0.2) is 11.2 Å². The highest BCUT2D eigenvalue weighted by Gasteiger charge is 2.16. The van der Waals surface area contributed by atoms with Gasteiger partial charge in [-0.05, 0) is 67.1 Å². The molecule has 0 amide bonds. The first kappa shape index (κ1) is 21.1. The molecule has 0 aliphatic carbocycles. The maximum absolute atomic E-state index is 13.4. The molecule has 0 saturated carbocycles. The molecule has 0 aliphatic heterocycles. The first-order chi connectivity index (χ1) is 17.0. The molecule has 0 saturated heterocycles. The Labute approximate surface area is 207 Å². The number of nitrogens with zero attached hydrogens (tertiary/aromatic N) is 4. The van der Waals surface area contributed by atoms with E-state index in [1.54, 1.807) is 13.1 Å². The van der Waals surface area contributed by atoms with Crippen LogP contribution in [0.3, 0.4) is 0 Å². The number of imidazole rings is 1. The summed E-state index contributed by atoms with van der Waals surface area (Å²) >= 11 is 3.43. The van der Waals surface area contributed by atoms with Crippen LogP contribution < -0.4 is 16.1 Å². The number of nitrogens with one attached hydrogen (secondary N) is 1. The van der Waals surface area contributed by atoms with Gasteiger partial charge in [0, 0.05) is 21.9 Å². The van der Waals surface area contributed by atoms with E-state index in [1.807, 2.05) is 66.7 Å². The van der Waals surface area contributed by atoms with Crippen LogP contribution in [0, 0.1) is 18.3 Å². The minimum absolute atomic E-state index is 0.238. The van der Waals surface area contributed by atoms with Crippen LogP contribution >= 0.6 is 15.9 Å². The lowest BCUT2D eigenvalue weighted by Gasteiger charge is -2.04. The predicted octanol–water partition coefficient (Wildman–Crippen LogP) is 5.17. The minimum Gasteiger partial charge on any atom is -0.436 e. The Bertz CT molecular complexity index is 1930. The number of aromatic nitrogens is 3. The highest BCUT2D eigenvalue weighted by Crippen LogP contribution is 2.27. The number of benzene rings is 3. The van der Waals surface area contributed by atoms with Gasteiger partial charge in [0.1, 0.15) is 11.6 Å². The van der Waals surface area contributed by atoms with Crippen molar-refractivity contribution in [3.63, 3.8) is 0 Å². The van der Waals surface area contributed by atoms with Crippen molar-refractivity contribution in [2.75, 3.05) is 5.32 Å². The second-order valence-electron chi connectivity index (χ2n) is 8.09. The van der Waals surface area contributed by atoms with Gasteiger partial charge in [-0.2, -0.15) is 5.26 Å². The fourth-order valence-corrected chi connectivity index (χ4v) is 4.44. The Morgan fingerprint density at radius 1 is 1.06 bits per heavy atom. The summed E-state index contributed by atoms with van der Waals surface area (Å²) in [7, 11) is 0. The summed E-state index contributed by atoms with van der Waals surface area (Å²) in [4.78, 5) is 22.5. The van der Waals surface area contributed by atoms with Gasteiger partial charge in [-0.1, -0.05) is 28.1 Å². The smallest absolute Gasteiger partial charge is 0.265 e. The zero-order chi connectivity index (χ0) is 24.1. The van der Waals surface area contributed by atoms with Gasteiger partial charge >= 0.3 is 0 Å². The van der Waals surface area contributed by atoms with Crippen molar-refractivity contribution in [1.29, 1.82) is 5.26 Å². The molecule has 0 atom stereocenters. The number of oxazole rings is 1. The lowest BCUT2D eigenvalue weighted by Crippen LogP contribution is -2.34. The standard InChI is InChI=1S/C27H16BrN5O2/c1-15-19(13-29)25-31-21-4-2-3-5-23(21)33(25)27(34)20(15)14-30-18-10-11-24-22(12-18)32-26(35-24)16-6-8-17(28)9-7-16/h2-12,14,30H,1H3. The lowest BCUT2D eigenvalue weighted by atomic mass is 10.1. The third kappa shape index (κ3) is 3.45. The summed E-state index contributed by atoms with van der Waals surface area (Å²) < 4.78 is 8.38. The number of pyridine rings is 1. The summed E-state index contributed by atoms with van der Waals surface area (Å²) in [5, 5.41) is 13.4. The van der Waals surface area contributed by atoms with Gasteiger partial charge in [-0.25, -0.2) is 9.97 Å². The highest BCUT2D eigenvalue weighted by atomic mass is 79.9. The Morgan fingerprint density at radius 2 is 1.86 bits per heavy atom. The molecule has 168 valence electrons. The maximum Gasteiger partial charge on any atom is 0.265 e. The van der Waals surface area contributed by atoms with Gasteiger partial charge in [0.25, 0.3) is 5.56 Å². The van der Waals surface area contributed by atoms with Crippen molar-refractivity contribution in [3.8, 4) is 17.5 Å². The number of halogens is 1. The minimum atomic E-state index is -0.238. The topological polar surface area (TPSA) is 96.2 Å². The Morgan fingerprint density at radius 3 is 2.66 bits per heavy atom. The van der Waals surface area contributed by atoms with E-state index in [0.717, 1.165) is 15.7 Å². The summed E-state index contributed by atoms with van der Waals surface area (Å²) in [6.45, 7) is 1.76. The molecule has 1 N–H and O–H groups in total. The summed E-state index contributed by atoms with van der Waals surface area (Å²) in [6.07, 6.45) is 1.63. The van der Waals surface area contributed by atoms with Crippen LogP contribution in [-0.4, -0.2) is 14.4 Å². The number of nitriles is 1. The van der Waals surface area contributed by atoms with Gasteiger partial charge in [-0.15, -0.1) is 0 Å². The molecule has 0 spiro atoms. The summed E-state index contributed by atoms with van der Waals surface area (Å²) in [5.41, 5.74) is 5.39. The SMILES string of the molecule is Cc1c(C#N)c2nc3ccccc3n2c(=O)c1=CNc1ccc2oc(-c3ccc(Br)cc3)nc2c1. The number of hydrogen-bond donors (Lipinski definition) is 1. The first-order valence-electron chi connectivity index (χ1n) is 10.8. The molecule has 3 aromatic carbocycles. The van der Waals surface area contributed by atoms with Crippen LogP contribution in [-0.2, 0) is 0 Å². The van der Waals surface area contributed by atoms with E-state index in [0.29, 0.717) is 50.0 Å². The van der Waals surface area contributed by atoms with Gasteiger partial charge < -0.3 is 9.73 Å². The quantitative estimate of drug-likeness (QED) is 0.345. The molecule has 3 aromatic heterocycles. The molecule has 6 aromatic rings. The summed E-state index contributed by atoms with van der Waals surface area (Å²) in [6, 6.07) is 22.9. The molecular weight excluding hydrogens is 506 g/mol. The van der Waals surface area contributed by atoms with Gasteiger partial charge in [0.05, 0.1) is 21.8 Å². The third-order valence-electron chi connectivity index (χ3n) is 5.97. The number of para-hydroxylation sites is 2. The van der Waals surface area contributed by atoms with Crippen LogP contribution in [0.5, 0.6) is 0 Å². The largest absolute Gasteiger partial charge is 0.436 e. The second-order valence-corrected chi connectivity index (χ2v) is 9.00. The average molecular weight is 522 g/mol. The Hall–Kier alpha value is -4.48. The molecule has 7 nitrogen and oxygen atoms in total. The summed E-state index contributed by atoms with van der Waals surface area (Å²) in [5.74, 6) is 0.530. The van der Waals surface area contributed by atoms with E-state index in [-0.39, 0.29) is 5.56 Å². The monoisotopic (exact) mass is 521 g/mol. The van der Waals surface area contributed by atoms with E-state index < -0.39 is 0 Å². The van der Waals surface area contributed by atoms with Crippen molar-refractivity contribution in [1.82, 2.24) is 14.4 Å². The molecule has 0 fully saturated rings. The fourth-order valence-electron chi connectivity index (χ4n) is 4.17. The van der Waals surface area contributed by atoms with Crippen LogP contribution in [0.4, 0.5) is 5.69 Å². The highest BCUT2D eigenvalue weighted by molar-refractivity contribution is 9.10. The molecular formula is C27H16BrN5O2. The van der Waals surface area contributed by atoms with Crippen LogP contribution in [0.25, 0.3) is 45.4 Å². The van der Waals surface area contributed by atoms with Crippen LogP contribution in [0.1, 0.15) is 11.1 Å². The molecule has 0 bridgehead atoms. The maximum atomic E-state index is 13.4. The first-order valence-corrected chi connectivity index (χ1v) is 11.6. The number of anilines is 1. The van der Waals surface area contributed by atoms with E-state index in [4.69, 9.17) is 4.42 Å². The predicted molar refractivity (Wildman–Crippen MR) is 139 cm³/mol. The average Bonchev–Trinajstić information content (AvgIpc) is 3.46. The molecule has 35 heavy (non-hydrogen) atoms. The van der Waals surface area contributed by atoms with Gasteiger partial charge in [0.2, 0.25) is 5.89 Å². The lowest BCUT2D eigenvalue weighted by molar-refractivity contribution is 0.620. The van der Waals surface area contributed by atoms with E-state index in [9.17, 15) is 10.1 Å². The number of fused-ring (bicyclic) bond motifs is 4. The van der Waals surface area contributed by atoms with Crippen molar-refractivity contribution in [3.05, 3.63) is 97.9 Å². The molecule has 0 aliphatic rings. The number of rotatable bonds is 3. The van der Waals surface area contributed by atoms with Gasteiger partial charge in [-0.3, -0.25) is 9.20 Å². The van der Waals surface area contributed by atoms with Crippen molar-refractivity contribution in [2.45, 2.75) is 6.92 Å². The molecule has 8 heteroatoms. The van der Waals surface area contributed by atoms with E-state index >= 15 is 0 Å². The zero-order valence-corrected chi connectivity index (χ0v) is 20.0. The second kappa shape index (κ2) is 8.08. The zero-order valence-electron chi connectivity index (χ0n) is 18.4.